The lowest BCUT2D eigenvalue weighted by molar-refractivity contribution is 0.411. The zero-order chi connectivity index (χ0) is 9.97. The molecule has 0 aliphatic heterocycles. The van der Waals surface area contributed by atoms with Crippen molar-refractivity contribution in [2.45, 2.75) is 6.04 Å². The summed E-state index contributed by atoms with van der Waals surface area (Å²) in [6, 6.07) is 3.94. The van der Waals surface area contributed by atoms with E-state index >= 15 is 0 Å². The van der Waals surface area contributed by atoms with Gasteiger partial charge in [0, 0.05) is 0 Å². The molecular formula is C10H11NOS2. The van der Waals surface area contributed by atoms with Crippen molar-refractivity contribution in [3.8, 4) is 5.75 Å². The van der Waals surface area contributed by atoms with E-state index < -0.39 is 0 Å². The monoisotopic (exact) mass is 225 g/mol. The van der Waals surface area contributed by atoms with Crippen molar-refractivity contribution in [2.75, 3.05) is 7.11 Å². The minimum atomic E-state index is -0.0591. The predicted molar refractivity (Wildman–Crippen MR) is 61.2 cm³/mol. The van der Waals surface area contributed by atoms with Crippen molar-refractivity contribution in [1.29, 1.82) is 0 Å². The number of rotatable bonds is 3. The molecule has 74 valence electrons. The van der Waals surface area contributed by atoms with Crippen molar-refractivity contribution < 1.29 is 4.74 Å². The first-order valence-corrected chi connectivity index (χ1v) is 6.04. The van der Waals surface area contributed by atoms with Gasteiger partial charge >= 0.3 is 0 Å². The highest BCUT2D eigenvalue weighted by Crippen LogP contribution is 2.33. The average molecular weight is 225 g/mol. The van der Waals surface area contributed by atoms with E-state index in [2.05, 4.69) is 11.4 Å². The molecule has 2 aromatic rings. The zero-order valence-electron chi connectivity index (χ0n) is 7.77. The fourth-order valence-corrected chi connectivity index (χ4v) is 2.89. The Morgan fingerprint density at radius 2 is 2.21 bits per heavy atom. The zero-order valence-corrected chi connectivity index (χ0v) is 9.40. The minimum absolute atomic E-state index is 0.0591. The first-order valence-electron chi connectivity index (χ1n) is 4.22. The lowest BCUT2D eigenvalue weighted by Gasteiger charge is -2.09. The Hall–Kier alpha value is -0.840. The number of nitrogens with two attached hydrogens (primary N) is 1. The summed E-state index contributed by atoms with van der Waals surface area (Å²) in [6.07, 6.45) is 0. The molecule has 2 aromatic heterocycles. The van der Waals surface area contributed by atoms with Crippen LogP contribution in [0.2, 0.25) is 0 Å². The first kappa shape index (κ1) is 9.71. The number of hydrogen-bond acceptors (Lipinski definition) is 4. The highest BCUT2D eigenvalue weighted by molar-refractivity contribution is 7.10. The van der Waals surface area contributed by atoms with Crippen LogP contribution in [0.25, 0.3) is 0 Å². The Morgan fingerprint density at radius 3 is 2.86 bits per heavy atom. The van der Waals surface area contributed by atoms with Gasteiger partial charge in [-0.2, -0.15) is 11.3 Å². The van der Waals surface area contributed by atoms with Crippen LogP contribution < -0.4 is 10.5 Å². The van der Waals surface area contributed by atoms with E-state index in [-0.39, 0.29) is 6.04 Å². The summed E-state index contributed by atoms with van der Waals surface area (Å²) in [6.45, 7) is 0. The molecule has 4 heteroatoms. The van der Waals surface area contributed by atoms with Crippen LogP contribution in [0.1, 0.15) is 16.5 Å². The third-order valence-corrected chi connectivity index (χ3v) is 3.74. The van der Waals surface area contributed by atoms with Gasteiger partial charge in [-0.1, -0.05) is 0 Å². The molecule has 0 spiro atoms. The fourth-order valence-electron chi connectivity index (χ4n) is 1.31. The summed E-state index contributed by atoms with van der Waals surface area (Å²) < 4.78 is 5.24. The Bertz CT molecular complexity index is 394. The fraction of sp³-hybridized carbons (Fsp3) is 0.200. The van der Waals surface area contributed by atoms with Gasteiger partial charge in [0.1, 0.15) is 5.75 Å². The van der Waals surface area contributed by atoms with Crippen LogP contribution in [0.3, 0.4) is 0 Å². The summed E-state index contributed by atoms with van der Waals surface area (Å²) in [7, 11) is 1.67. The highest BCUT2D eigenvalue weighted by atomic mass is 32.1. The maximum absolute atomic E-state index is 6.12. The van der Waals surface area contributed by atoms with E-state index in [1.54, 1.807) is 29.8 Å². The average Bonchev–Trinajstić information content (AvgIpc) is 2.87. The van der Waals surface area contributed by atoms with Gasteiger partial charge in [0.05, 0.1) is 18.0 Å². The maximum atomic E-state index is 6.12. The van der Waals surface area contributed by atoms with Gasteiger partial charge in [0.15, 0.2) is 0 Å². The Balaban J connectivity index is 2.31. The molecule has 0 aromatic carbocycles. The largest absolute Gasteiger partial charge is 0.496 e. The van der Waals surface area contributed by atoms with Crippen LogP contribution in [0.4, 0.5) is 0 Å². The molecule has 0 bridgehead atoms. The second-order valence-electron chi connectivity index (χ2n) is 2.89. The molecule has 0 saturated carbocycles. The van der Waals surface area contributed by atoms with Crippen LogP contribution in [0, 0.1) is 0 Å². The molecule has 0 aliphatic rings. The summed E-state index contributed by atoms with van der Waals surface area (Å²) in [5.41, 5.74) is 7.27. The quantitative estimate of drug-likeness (QED) is 0.871. The first-order chi connectivity index (χ1) is 6.83. The normalized spacial score (nSPS) is 12.7. The third kappa shape index (κ3) is 1.68. The third-order valence-electron chi connectivity index (χ3n) is 2.06. The number of hydrogen-bond donors (Lipinski definition) is 1. The van der Waals surface area contributed by atoms with Crippen molar-refractivity contribution >= 4 is 22.7 Å². The molecule has 2 N–H and O–H groups in total. The molecule has 2 heterocycles. The molecule has 1 atom stereocenters. The molecule has 0 fully saturated rings. The molecular weight excluding hydrogens is 214 g/mol. The SMILES string of the molecule is COc1ccsc1C(N)c1ccsc1. The van der Waals surface area contributed by atoms with E-state index in [4.69, 9.17) is 10.5 Å². The molecule has 14 heavy (non-hydrogen) atoms. The van der Waals surface area contributed by atoms with Crippen LogP contribution in [-0.2, 0) is 0 Å². The van der Waals surface area contributed by atoms with Gasteiger partial charge in [-0.3, -0.25) is 0 Å². The van der Waals surface area contributed by atoms with Crippen LogP contribution in [-0.4, -0.2) is 7.11 Å². The second kappa shape index (κ2) is 4.13. The summed E-state index contributed by atoms with van der Waals surface area (Å²) >= 11 is 3.30. The van der Waals surface area contributed by atoms with Gasteiger partial charge in [-0.05, 0) is 33.8 Å². The van der Waals surface area contributed by atoms with E-state index in [1.165, 1.54) is 0 Å². The lowest BCUT2D eigenvalue weighted by Crippen LogP contribution is -2.09. The number of thiophene rings is 2. The lowest BCUT2D eigenvalue weighted by atomic mass is 10.1. The van der Waals surface area contributed by atoms with Gasteiger partial charge in [0.25, 0.3) is 0 Å². The van der Waals surface area contributed by atoms with Crippen molar-refractivity contribution in [3.05, 3.63) is 38.7 Å². The van der Waals surface area contributed by atoms with Crippen LogP contribution in [0.5, 0.6) is 5.75 Å². The van der Waals surface area contributed by atoms with Crippen molar-refractivity contribution in [3.63, 3.8) is 0 Å². The van der Waals surface area contributed by atoms with Crippen LogP contribution in [0.15, 0.2) is 28.3 Å². The van der Waals surface area contributed by atoms with Gasteiger partial charge in [-0.25, -0.2) is 0 Å². The van der Waals surface area contributed by atoms with E-state index in [9.17, 15) is 0 Å². The molecule has 1 unspecified atom stereocenters. The Labute approximate surface area is 91.0 Å². The van der Waals surface area contributed by atoms with E-state index in [0.717, 1.165) is 16.2 Å². The molecule has 0 aliphatic carbocycles. The Morgan fingerprint density at radius 1 is 1.36 bits per heavy atom. The predicted octanol–water partition coefficient (Wildman–Crippen LogP) is 2.87. The van der Waals surface area contributed by atoms with Crippen molar-refractivity contribution in [2.24, 2.45) is 5.73 Å². The molecule has 0 radical (unpaired) electrons. The standard InChI is InChI=1S/C10H11NOS2/c1-12-8-3-5-14-10(8)9(11)7-2-4-13-6-7/h2-6,9H,11H2,1H3. The van der Waals surface area contributed by atoms with Gasteiger partial charge in [-0.15, -0.1) is 11.3 Å². The molecule has 2 nitrogen and oxygen atoms in total. The minimum Gasteiger partial charge on any atom is -0.496 e. The van der Waals surface area contributed by atoms with Gasteiger partial charge < -0.3 is 10.5 Å². The van der Waals surface area contributed by atoms with Crippen molar-refractivity contribution in [1.82, 2.24) is 0 Å². The maximum Gasteiger partial charge on any atom is 0.134 e. The molecule has 0 amide bonds. The molecule has 0 saturated heterocycles. The van der Waals surface area contributed by atoms with E-state index in [0.29, 0.717) is 0 Å². The Kier molecular flexibility index (Phi) is 2.86. The molecule has 2 rings (SSSR count). The van der Waals surface area contributed by atoms with E-state index in [1.807, 2.05) is 16.8 Å². The van der Waals surface area contributed by atoms with Gasteiger partial charge in [0.2, 0.25) is 0 Å². The summed E-state index contributed by atoms with van der Waals surface area (Å²) in [5, 5.41) is 6.11. The summed E-state index contributed by atoms with van der Waals surface area (Å²) in [5.74, 6) is 0.883. The topological polar surface area (TPSA) is 35.2 Å². The second-order valence-corrected chi connectivity index (χ2v) is 4.62. The number of methoxy groups -OCH3 is 1. The number of ether oxygens (including phenoxy) is 1. The van der Waals surface area contributed by atoms with Crippen LogP contribution >= 0.6 is 22.7 Å². The summed E-state index contributed by atoms with van der Waals surface area (Å²) in [4.78, 5) is 1.09. The highest BCUT2D eigenvalue weighted by Gasteiger charge is 2.15. The smallest absolute Gasteiger partial charge is 0.134 e.